The molecule has 0 aromatic heterocycles. The van der Waals surface area contributed by atoms with Gasteiger partial charge in [0.1, 0.15) is 0 Å². The highest BCUT2D eigenvalue weighted by molar-refractivity contribution is 6.20. The van der Waals surface area contributed by atoms with Crippen molar-refractivity contribution in [3.63, 3.8) is 0 Å². The third kappa shape index (κ3) is 6.85. The fourth-order valence-electron chi connectivity index (χ4n) is 12.2. The smallest absolute Gasteiger partial charge is 0.0443 e. The highest BCUT2D eigenvalue weighted by Crippen LogP contribution is 2.49. The van der Waals surface area contributed by atoms with E-state index in [1.54, 1.807) is 0 Å². The Bertz CT molecular complexity index is 3410. The van der Waals surface area contributed by atoms with Crippen molar-refractivity contribution in [3.8, 4) is 11.1 Å². The summed E-state index contributed by atoms with van der Waals surface area (Å²) in [4.78, 5) is 5.24. The summed E-state index contributed by atoms with van der Waals surface area (Å²) < 4.78 is 0. The molecule has 5 aliphatic rings. The van der Waals surface area contributed by atoms with Crippen LogP contribution in [0.25, 0.3) is 55.1 Å². The fourth-order valence-corrected chi connectivity index (χ4v) is 12.2. The van der Waals surface area contributed by atoms with Crippen LogP contribution in [-0.2, 0) is 12.8 Å². The van der Waals surface area contributed by atoms with Crippen LogP contribution in [0.5, 0.6) is 0 Å². The first-order chi connectivity index (χ1) is 32.7. The number of hydrogen-bond acceptors (Lipinski definition) is 2. The Kier molecular flexibility index (Phi) is 9.73. The van der Waals surface area contributed by atoms with E-state index in [-0.39, 0.29) is 5.92 Å². The summed E-state index contributed by atoms with van der Waals surface area (Å²) in [6.45, 7) is 2.07. The first-order valence-corrected chi connectivity index (χ1v) is 24.5. The lowest BCUT2D eigenvalue weighted by molar-refractivity contribution is 0.692. The van der Waals surface area contributed by atoms with Crippen molar-refractivity contribution in [3.05, 3.63) is 233 Å². The summed E-state index contributed by atoms with van der Waals surface area (Å²) >= 11 is 0. The molecule has 8 aromatic rings. The van der Waals surface area contributed by atoms with Crippen molar-refractivity contribution in [1.82, 2.24) is 0 Å². The number of hydrogen-bond donors (Lipinski definition) is 0. The summed E-state index contributed by atoms with van der Waals surface area (Å²) in [5, 5.41) is 7.93. The number of rotatable bonds is 6. The zero-order valence-electron chi connectivity index (χ0n) is 37.6. The van der Waals surface area contributed by atoms with Crippen molar-refractivity contribution in [2.45, 2.75) is 63.2 Å². The average molecular weight is 851 g/mol. The second kappa shape index (κ2) is 16.4. The third-order valence-corrected chi connectivity index (χ3v) is 15.4. The Morgan fingerprint density at radius 1 is 0.485 bits per heavy atom. The summed E-state index contributed by atoms with van der Waals surface area (Å²) in [6, 6.07) is 58.3. The average Bonchev–Trinajstić information content (AvgIpc) is 3.39. The van der Waals surface area contributed by atoms with Crippen LogP contribution in [0.15, 0.2) is 199 Å². The highest BCUT2D eigenvalue weighted by Gasteiger charge is 2.27. The summed E-state index contributed by atoms with van der Waals surface area (Å²) in [7, 11) is 0. The molecule has 2 heteroatoms. The minimum absolute atomic E-state index is 0.277. The zero-order valence-corrected chi connectivity index (χ0v) is 37.6. The normalized spacial score (nSPS) is 19.0. The lowest BCUT2D eigenvalue weighted by atomic mass is 9.79. The van der Waals surface area contributed by atoms with Crippen LogP contribution in [0.4, 0.5) is 17.1 Å². The maximum atomic E-state index is 2.66. The van der Waals surface area contributed by atoms with E-state index in [9.17, 15) is 0 Å². The van der Waals surface area contributed by atoms with E-state index in [2.05, 4.69) is 204 Å². The molecule has 0 bridgehead atoms. The zero-order chi connectivity index (χ0) is 43.6. The van der Waals surface area contributed by atoms with Crippen molar-refractivity contribution >= 4 is 61.0 Å². The van der Waals surface area contributed by atoms with Gasteiger partial charge in [-0.05, 0) is 170 Å². The first kappa shape index (κ1) is 39.2. The molecule has 0 spiro atoms. The van der Waals surface area contributed by atoms with E-state index in [1.807, 2.05) is 0 Å². The molecule has 320 valence electrons. The number of para-hydroxylation sites is 1. The van der Waals surface area contributed by atoms with Gasteiger partial charge < -0.3 is 9.80 Å². The number of fused-ring (bicyclic) bond motifs is 5. The van der Waals surface area contributed by atoms with Crippen LogP contribution in [0, 0.1) is 0 Å². The maximum Gasteiger partial charge on any atom is 0.0443 e. The summed E-state index contributed by atoms with van der Waals surface area (Å²) in [6.07, 6.45) is 25.5. The minimum Gasteiger partial charge on any atom is -0.345 e. The molecule has 2 nitrogen and oxygen atoms in total. The van der Waals surface area contributed by atoms with Gasteiger partial charge in [0.25, 0.3) is 0 Å². The molecule has 2 unspecified atom stereocenters. The Labute approximate surface area is 389 Å². The van der Waals surface area contributed by atoms with Gasteiger partial charge in [0, 0.05) is 47.7 Å². The van der Waals surface area contributed by atoms with Gasteiger partial charge in [-0.1, -0.05) is 164 Å². The van der Waals surface area contributed by atoms with E-state index >= 15 is 0 Å². The molecule has 8 aromatic carbocycles. The predicted octanol–water partition coefficient (Wildman–Crippen LogP) is 16.6. The number of anilines is 3. The highest BCUT2D eigenvalue weighted by atomic mass is 15.2. The van der Waals surface area contributed by atoms with Gasteiger partial charge in [-0.3, -0.25) is 0 Å². The largest absolute Gasteiger partial charge is 0.345 e. The van der Waals surface area contributed by atoms with Crippen LogP contribution in [-0.4, -0.2) is 13.1 Å². The Morgan fingerprint density at radius 2 is 1.23 bits per heavy atom. The Balaban J connectivity index is 1.04. The molecule has 0 saturated carbocycles. The molecule has 2 atom stereocenters. The van der Waals surface area contributed by atoms with E-state index < -0.39 is 0 Å². The molecule has 2 aliphatic heterocycles. The van der Waals surface area contributed by atoms with Gasteiger partial charge in [-0.25, -0.2) is 0 Å². The van der Waals surface area contributed by atoms with Crippen molar-refractivity contribution in [2.24, 2.45) is 0 Å². The Morgan fingerprint density at radius 3 is 2.15 bits per heavy atom. The SMILES string of the molecule is C1=CC(c2ccc3ccccc3c2)CC(c2c3cc(N4CCCc5ccccc54)ccc3c(-c3cccc(C4C=Cc5ccccc5C4)c3)c3cc(N4CCCC5=C4CCC=C5)ccc23)=C1. The predicted molar refractivity (Wildman–Crippen MR) is 281 cm³/mol. The van der Waals surface area contributed by atoms with Crippen LogP contribution < -0.4 is 9.80 Å². The number of nitrogens with zero attached hydrogens (tertiary/aromatic N) is 2. The maximum absolute atomic E-state index is 2.66. The van der Waals surface area contributed by atoms with Gasteiger partial charge >= 0.3 is 0 Å². The van der Waals surface area contributed by atoms with E-state index in [0.717, 1.165) is 51.6 Å². The van der Waals surface area contributed by atoms with Gasteiger partial charge in [-0.2, -0.15) is 0 Å². The van der Waals surface area contributed by atoms with Crippen LogP contribution in [0.3, 0.4) is 0 Å². The van der Waals surface area contributed by atoms with Gasteiger partial charge in [-0.15, -0.1) is 0 Å². The molecule has 2 heterocycles. The van der Waals surface area contributed by atoms with E-state index in [4.69, 9.17) is 0 Å². The van der Waals surface area contributed by atoms with Crippen molar-refractivity contribution in [2.75, 3.05) is 22.9 Å². The van der Waals surface area contributed by atoms with E-state index in [0.29, 0.717) is 5.92 Å². The standard InChI is InChI=1S/C64H54N2/c1-3-17-47-37-51(29-27-43(47)13-1)49-19-9-21-53(39-49)63-57-33-31-56(66-36-12-24-46-16-6-8-26-62(46)66)42-60(57)64(54-22-10-20-50(40-54)52-30-28-44-14-2-4-18-48(44)38-52)58-34-32-55(41-59(58)63)65-35-11-23-45-15-5-7-25-61(45)65/h1-7,9-10,13-22,25,27-34,37,40-42,49,52H,8,11-12,23-24,26,35-36,38-39H2. The number of benzene rings is 8. The minimum atomic E-state index is 0.277. The van der Waals surface area contributed by atoms with Gasteiger partial charge in [0.15, 0.2) is 0 Å². The number of allylic oxidation sites excluding steroid dienone is 9. The van der Waals surface area contributed by atoms with Gasteiger partial charge in [0.2, 0.25) is 0 Å². The molecule has 0 radical (unpaired) electrons. The molecule has 0 N–H and O–H groups in total. The Hall–Kier alpha value is -7.16. The first-order valence-electron chi connectivity index (χ1n) is 24.5. The molecular formula is C64H54N2. The van der Waals surface area contributed by atoms with Crippen molar-refractivity contribution in [1.29, 1.82) is 0 Å². The number of aryl methyl sites for hydroxylation is 1. The second-order valence-electron chi connectivity index (χ2n) is 19.2. The second-order valence-corrected chi connectivity index (χ2v) is 19.2. The van der Waals surface area contributed by atoms with Crippen LogP contribution in [0.1, 0.15) is 83.7 Å². The molecule has 0 fully saturated rings. The quantitative estimate of drug-likeness (QED) is 0.154. The fraction of sp³-hybridized carbons (Fsp3) is 0.188. The third-order valence-electron chi connectivity index (χ3n) is 15.4. The van der Waals surface area contributed by atoms with Gasteiger partial charge in [0.05, 0.1) is 0 Å². The molecule has 0 amide bonds. The molecular weight excluding hydrogens is 797 g/mol. The van der Waals surface area contributed by atoms with Crippen molar-refractivity contribution < 1.29 is 0 Å². The topological polar surface area (TPSA) is 6.48 Å². The van der Waals surface area contributed by atoms with Crippen LogP contribution >= 0.6 is 0 Å². The summed E-state index contributed by atoms with van der Waals surface area (Å²) in [5.74, 6) is 0.599. The van der Waals surface area contributed by atoms with E-state index in [1.165, 1.54) is 124 Å². The molecule has 66 heavy (non-hydrogen) atoms. The van der Waals surface area contributed by atoms with Crippen LogP contribution in [0.2, 0.25) is 0 Å². The molecule has 3 aliphatic carbocycles. The monoisotopic (exact) mass is 850 g/mol. The summed E-state index contributed by atoms with van der Waals surface area (Å²) in [5.41, 5.74) is 19.3. The molecule has 0 saturated heterocycles. The molecule has 13 rings (SSSR count). The lowest BCUT2D eigenvalue weighted by Crippen LogP contribution is -2.29. The lowest BCUT2D eigenvalue weighted by Gasteiger charge is -2.35.